The lowest BCUT2D eigenvalue weighted by atomic mass is 9.99. The molecule has 0 fully saturated rings. The van der Waals surface area contributed by atoms with Crippen molar-refractivity contribution in [1.29, 1.82) is 0 Å². The number of aliphatic hydroxyl groups excluding tert-OH is 2. The maximum Gasteiger partial charge on any atom is 0.135 e. The zero-order chi connectivity index (χ0) is 23.5. The Morgan fingerprint density at radius 3 is 1.00 bits per heavy atom. The highest BCUT2D eigenvalue weighted by Gasteiger charge is 2.16. The van der Waals surface area contributed by atoms with E-state index in [1.165, 1.54) is 0 Å². The van der Waals surface area contributed by atoms with Gasteiger partial charge in [-0.05, 0) is 25.7 Å². The summed E-state index contributed by atoms with van der Waals surface area (Å²) in [5.74, 6) is -0.0939. The molecule has 2 N–H and O–H groups in total. The average molecular weight is 441 g/mol. The number of carbonyl (C=O) groups excluding carboxylic acids is 4. The van der Waals surface area contributed by atoms with Gasteiger partial charge in [-0.15, -0.1) is 0 Å². The van der Waals surface area contributed by atoms with Gasteiger partial charge in [0, 0.05) is 51.4 Å². The first kappa shape index (κ1) is 29.6. The summed E-state index contributed by atoms with van der Waals surface area (Å²) in [6.07, 6.45) is 7.69. The summed E-state index contributed by atoms with van der Waals surface area (Å²) in [6.45, 7) is 4.13. The summed E-state index contributed by atoms with van der Waals surface area (Å²) in [6, 6.07) is 0. The van der Waals surface area contributed by atoms with Crippen molar-refractivity contribution >= 4 is 23.1 Å². The topological polar surface area (TPSA) is 109 Å². The molecule has 2 atom stereocenters. The molecule has 0 amide bonds. The maximum atomic E-state index is 11.9. The molecule has 0 heterocycles. The van der Waals surface area contributed by atoms with Crippen molar-refractivity contribution in [3.8, 4) is 0 Å². The standard InChI is InChI=1S/C25H44O6/c1-3-5-8-12-20(26)16-24(30)18-22(28)14-10-7-11-15-23(29)19-25(31)17-21(27)13-9-6-4-2/h24-25,30-31H,3-19H2,1-2H3. The zero-order valence-corrected chi connectivity index (χ0v) is 19.7. The molecule has 0 aliphatic carbocycles. The van der Waals surface area contributed by atoms with E-state index in [9.17, 15) is 29.4 Å². The second-order valence-corrected chi connectivity index (χ2v) is 8.75. The van der Waals surface area contributed by atoms with E-state index in [1.54, 1.807) is 0 Å². The Bertz CT molecular complexity index is 482. The second-order valence-electron chi connectivity index (χ2n) is 8.75. The third-order valence-electron chi connectivity index (χ3n) is 5.38. The number of rotatable bonds is 22. The Kier molecular flexibility index (Phi) is 18.4. The molecule has 31 heavy (non-hydrogen) atoms. The first-order valence-electron chi connectivity index (χ1n) is 12.2. The number of carbonyl (C=O) groups is 4. The Balaban J connectivity index is 3.78. The van der Waals surface area contributed by atoms with Gasteiger partial charge in [-0.3, -0.25) is 19.2 Å². The monoisotopic (exact) mass is 440 g/mol. The van der Waals surface area contributed by atoms with Gasteiger partial charge in [0.15, 0.2) is 0 Å². The number of aliphatic hydroxyl groups is 2. The third kappa shape index (κ3) is 19.0. The van der Waals surface area contributed by atoms with E-state index in [0.29, 0.717) is 38.5 Å². The molecule has 6 nitrogen and oxygen atoms in total. The van der Waals surface area contributed by atoms with Gasteiger partial charge in [0.05, 0.1) is 12.2 Å². The Hall–Kier alpha value is -1.40. The lowest BCUT2D eigenvalue weighted by Crippen LogP contribution is -2.18. The fourth-order valence-corrected chi connectivity index (χ4v) is 3.57. The molecule has 0 aliphatic rings. The molecule has 0 radical (unpaired) electrons. The largest absolute Gasteiger partial charge is 0.392 e. The predicted octanol–water partition coefficient (Wildman–Crippen LogP) is 4.66. The number of ketones is 4. The first-order chi connectivity index (χ1) is 14.8. The van der Waals surface area contributed by atoms with E-state index in [0.717, 1.165) is 44.9 Å². The van der Waals surface area contributed by atoms with Crippen LogP contribution in [0.5, 0.6) is 0 Å². The van der Waals surface area contributed by atoms with Crippen molar-refractivity contribution in [2.24, 2.45) is 0 Å². The van der Waals surface area contributed by atoms with E-state index < -0.39 is 12.2 Å². The van der Waals surface area contributed by atoms with Gasteiger partial charge >= 0.3 is 0 Å². The molecule has 0 rings (SSSR count). The molecule has 0 saturated carbocycles. The van der Waals surface area contributed by atoms with Gasteiger partial charge in [-0.25, -0.2) is 0 Å². The fourth-order valence-electron chi connectivity index (χ4n) is 3.57. The van der Waals surface area contributed by atoms with E-state index >= 15 is 0 Å². The van der Waals surface area contributed by atoms with Crippen LogP contribution in [0.25, 0.3) is 0 Å². The van der Waals surface area contributed by atoms with Gasteiger partial charge in [-0.2, -0.15) is 0 Å². The highest BCUT2D eigenvalue weighted by molar-refractivity contribution is 5.83. The summed E-state index contributed by atoms with van der Waals surface area (Å²) in [4.78, 5) is 47.3. The van der Waals surface area contributed by atoms with Gasteiger partial charge in [0.1, 0.15) is 23.1 Å². The van der Waals surface area contributed by atoms with Crippen molar-refractivity contribution in [2.45, 2.75) is 135 Å². The fraction of sp³-hybridized carbons (Fsp3) is 0.840. The number of hydrogen-bond acceptors (Lipinski definition) is 6. The van der Waals surface area contributed by atoms with Crippen molar-refractivity contribution in [1.82, 2.24) is 0 Å². The van der Waals surface area contributed by atoms with Crippen LogP contribution >= 0.6 is 0 Å². The smallest absolute Gasteiger partial charge is 0.135 e. The van der Waals surface area contributed by atoms with E-state index in [2.05, 4.69) is 13.8 Å². The van der Waals surface area contributed by atoms with E-state index in [-0.39, 0.29) is 48.8 Å². The van der Waals surface area contributed by atoms with Crippen LogP contribution in [0.15, 0.2) is 0 Å². The number of hydrogen-bond donors (Lipinski definition) is 2. The average Bonchev–Trinajstić information content (AvgIpc) is 2.67. The maximum absolute atomic E-state index is 11.9. The zero-order valence-electron chi connectivity index (χ0n) is 19.7. The highest BCUT2D eigenvalue weighted by atomic mass is 16.3. The van der Waals surface area contributed by atoms with E-state index in [4.69, 9.17) is 0 Å². The first-order valence-corrected chi connectivity index (χ1v) is 12.2. The van der Waals surface area contributed by atoms with Gasteiger partial charge < -0.3 is 10.2 Å². The molecule has 6 heteroatoms. The molecule has 2 unspecified atom stereocenters. The SMILES string of the molecule is CCCCCC(=O)CC(O)CC(=O)CCCCCC(=O)CC(O)CC(=O)CCCCC. The number of unbranched alkanes of at least 4 members (excludes halogenated alkanes) is 6. The molecular weight excluding hydrogens is 396 g/mol. The molecule has 0 saturated heterocycles. The normalized spacial score (nSPS) is 13.0. The minimum Gasteiger partial charge on any atom is -0.392 e. The minimum absolute atomic E-state index is 0.0108. The summed E-state index contributed by atoms with van der Waals surface area (Å²) < 4.78 is 0. The van der Waals surface area contributed by atoms with Crippen molar-refractivity contribution < 1.29 is 29.4 Å². The summed E-state index contributed by atoms with van der Waals surface area (Å²) in [7, 11) is 0. The lowest BCUT2D eigenvalue weighted by Gasteiger charge is -2.10. The lowest BCUT2D eigenvalue weighted by molar-refractivity contribution is -0.125. The Morgan fingerprint density at radius 1 is 0.484 bits per heavy atom. The van der Waals surface area contributed by atoms with E-state index in [1.807, 2.05) is 0 Å². The molecule has 180 valence electrons. The minimum atomic E-state index is -0.894. The van der Waals surface area contributed by atoms with Crippen molar-refractivity contribution in [3.05, 3.63) is 0 Å². The molecule has 0 aromatic carbocycles. The van der Waals surface area contributed by atoms with Gasteiger partial charge in [-0.1, -0.05) is 46.0 Å². The molecule has 0 aliphatic heterocycles. The quantitative estimate of drug-likeness (QED) is 0.237. The second kappa shape index (κ2) is 19.3. The van der Waals surface area contributed by atoms with Crippen LogP contribution in [0.1, 0.15) is 123 Å². The molecule has 0 bridgehead atoms. The van der Waals surface area contributed by atoms with Crippen LogP contribution in [0.2, 0.25) is 0 Å². The van der Waals surface area contributed by atoms with Crippen LogP contribution in [-0.2, 0) is 19.2 Å². The van der Waals surface area contributed by atoms with Crippen molar-refractivity contribution in [2.75, 3.05) is 0 Å². The van der Waals surface area contributed by atoms with Crippen LogP contribution < -0.4 is 0 Å². The van der Waals surface area contributed by atoms with Crippen LogP contribution in [0.4, 0.5) is 0 Å². The summed E-state index contributed by atoms with van der Waals surface area (Å²) in [5, 5.41) is 19.8. The molecule has 0 aromatic rings. The number of Topliss-reactive ketones (excluding diaryl/α,β-unsaturated/α-hetero) is 4. The molecular formula is C25H44O6. The van der Waals surface area contributed by atoms with Crippen LogP contribution in [0.3, 0.4) is 0 Å². The molecule has 0 aromatic heterocycles. The Labute approximate surface area is 188 Å². The molecule has 0 spiro atoms. The Morgan fingerprint density at radius 2 is 0.742 bits per heavy atom. The van der Waals surface area contributed by atoms with Gasteiger partial charge in [0.25, 0.3) is 0 Å². The van der Waals surface area contributed by atoms with Crippen LogP contribution in [0, 0.1) is 0 Å². The predicted molar refractivity (Wildman–Crippen MR) is 122 cm³/mol. The highest BCUT2D eigenvalue weighted by Crippen LogP contribution is 2.12. The summed E-state index contributed by atoms with van der Waals surface area (Å²) >= 11 is 0. The summed E-state index contributed by atoms with van der Waals surface area (Å²) in [5.41, 5.74) is 0. The van der Waals surface area contributed by atoms with Crippen molar-refractivity contribution in [3.63, 3.8) is 0 Å². The third-order valence-corrected chi connectivity index (χ3v) is 5.38. The van der Waals surface area contributed by atoms with Crippen LogP contribution in [-0.4, -0.2) is 45.6 Å². The van der Waals surface area contributed by atoms with Gasteiger partial charge in [0.2, 0.25) is 0 Å².